The average molecular weight is 312 g/mol. The van der Waals surface area contributed by atoms with Gasteiger partial charge in [0.15, 0.2) is 11.5 Å². The number of ether oxygens (including phenoxy) is 2. The van der Waals surface area contributed by atoms with Gasteiger partial charge < -0.3 is 9.47 Å². The van der Waals surface area contributed by atoms with Crippen molar-refractivity contribution in [2.45, 2.75) is 45.4 Å². The van der Waals surface area contributed by atoms with Crippen LogP contribution in [0.15, 0.2) is 42.5 Å². The molecule has 124 valence electrons. The maximum atomic E-state index is 5.37. The lowest BCUT2D eigenvalue weighted by Gasteiger charge is -2.19. The van der Waals surface area contributed by atoms with Gasteiger partial charge in [-0.25, -0.2) is 0 Å². The van der Waals surface area contributed by atoms with E-state index in [1.165, 1.54) is 16.7 Å². The van der Waals surface area contributed by atoms with E-state index in [1.54, 1.807) is 14.2 Å². The predicted molar refractivity (Wildman–Crippen MR) is 96.7 cm³/mol. The molecule has 0 N–H and O–H groups in total. The summed E-state index contributed by atoms with van der Waals surface area (Å²) in [6, 6.07) is 15.1. The summed E-state index contributed by atoms with van der Waals surface area (Å²) >= 11 is 0. The Morgan fingerprint density at radius 1 is 0.783 bits per heavy atom. The summed E-state index contributed by atoms with van der Waals surface area (Å²) in [7, 11) is 3.35. The van der Waals surface area contributed by atoms with Gasteiger partial charge in [0, 0.05) is 0 Å². The van der Waals surface area contributed by atoms with Crippen molar-refractivity contribution in [2.75, 3.05) is 14.2 Å². The first-order chi connectivity index (χ1) is 10.9. The molecule has 0 heterocycles. The summed E-state index contributed by atoms with van der Waals surface area (Å²) in [6.07, 6.45) is 3.27. The van der Waals surface area contributed by atoms with Crippen molar-refractivity contribution >= 4 is 0 Å². The number of aryl methyl sites for hydroxylation is 2. The first kappa shape index (κ1) is 17.4. The van der Waals surface area contributed by atoms with Crippen molar-refractivity contribution < 1.29 is 9.47 Å². The highest BCUT2D eigenvalue weighted by atomic mass is 16.5. The normalized spacial score (nSPS) is 11.3. The molecular formula is C21H28O2. The topological polar surface area (TPSA) is 18.5 Å². The monoisotopic (exact) mass is 312 g/mol. The molecule has 2 nitrogen and oxygen atoms in total. The number of benzene rings is 2. The number of methoxy groups -OCH3 is 2. The van der Waals surface area contributed by atoms with E-state index in [0.29, 0.717) is 0 Å². The number of hydrogen-bond donors (Lipinski definition) is 0. The van der Waals surface area contributed by atoms with Crippen LogP contribution in [0.25, 0.3) is 0 Å². The van der Waals surface area contributed by atoms with Crippen molar-refractivity contribution in [3.63, 3.8) is 0 Å². The van der Waals surface area contributed by atoms with E-state index in [9.17, 15) is 0 Å². The molecule has 2 aromatic rings. The van der Waals surface area contributed by atoms with E-state index in [1.807, 2.05) is 6.07 Å². The quantitative estimate of drug-likeness (QED) is 0.732. The highest BCUT2D eigenvalue weighted by molar-refractivity contribution is 5.43. The molecule has 23 heavy (non-hydrogen) atoms. The molecule has 0 saturated carbocycles. The molecular weight excluding hydrogens is 284 g/mol. The smallest absolute Gasteiger partial charge is 0.160 e. The van der Waals surface area contributed by atoms with Crippen LogP contribution in [0.2, 0.25) is 0 Å². The van der Waals surface area contributed by atoms with Gasteiger partial charge in [0.1, 0.15) is 0 Å². The zero-order valence-electron chi connectivity index (χ0n) is 15.0. The number of rotatable bonds is 6. The molecule has 0 spiro atoms. The zero-order valence-corrected chi connectivity index (χ0v) is 15.0. The van der Waals surface area contributed by atoms with Crippen LogP contribution in [0.3, 0.4) is 0 Å². The van der Waals surface area contributed by atoms with Crippen LogP contribution in [0.1, 0.15) is 43.9 Å². The van der Waals surface area contributed by atoms with Crippen LogP contribution >= 0.6 is 0 Å². The molecule has 2 rings (SSSR count). The molecule has 0 aliphatic carbocycles. The van der Waals surface area contributed by atoms with Gasteiger partial charge in [0.25, 0.3) is 0 Å². The minimum atomic E-state index is 0.208. The van der Waals surface area contributed by atoms with Gasteiger partial charge in [0.05, 0.1) is 14.2 Å². The largest absolute Gasteiger partial charge is 0.493 e. The Hall–Kier alpha value is -1.96. The molecule has 0 fully saturated rings. The zero-order chi connectivity index (χ0) is 16.9. The summed E-state index contributed by atoms with van der Waals surface area (Å²) < 4.78 is 10.7. The van der Waals surface area contributed by atoms with E-state index >= 15 is 0 Å². The molecule has 0 aliphatic heterocycles. The highest BCUT2D eigenvalue weighted by Gasteiger charge is 2.13. The lowest BCUT2D eigenvalue weighted by molar-refractivity contribution is 0.354. The Morgan fingerprint density at radius 3 is 2.04 bits per heavy atom. The molecule has 0 aromatic heterocycles. The van der Waals surface area contributed by atoms with Crippen molar-refractivity contribution in [2.24, 2.45) is 0 Å². The Kier molecular flexibility index (Phi) is 5.70. The lowest BCUT2D eigenvalue weighted by atomic mass is 9.86. The second kappa shape index (κ2) is 7.54. The Morgan fingerprint density at radius 2 is 1.43 bits per heavy atom. The molecule has 0 atom stereocenters. The maximum absolute atomic E-state index is 5.37. The van der Waals surface area contributed by atoms with Crippen molar-refractivity contribution in [1.82, 2.24) is 0 Å². The van der Waals surface area contributed by atoms with Gasteiger partial charge in [-0.3, -0.25) is 0 Å². The third-order valence-electron chi connectivity index (χ3n) is 4.17. The fourth-order valence-corrected chi connectivity index (χ4v) is 2.73. The van der Waals surface area contributed by atoms with Crippen LogP contribution in [0.4, 0.5) is 0 Å². The van der Waals surface area contributed by atoms with E-state index in [-0.39, 0.29) is 5.41 Å². The van der Waals surface area contributed by atoms with Crippen molar-refractivity contribution in [1.29, 1.82) is 0 Å². The predicted octanol–water partition coefficient (Wildman–Crippen LogP) is 5.18. The van der Waals surface area contributed by atoms with Gasteiger partial charge in [-0.05, 0) is 53.5 Å². The van der Waals surface area contributed by atoms with Crippen LogP contribution in [-0.2, 0) is 18.3 Å². The standard InChI is InChI=1S/C21H28O2/c1-21(2,3)18-11-7-10-16(14-18)8-6-9-17-12-13-19(22-4)20(15-17)23-5/h7,10-15H,6,8-9H2,1-5H3. The lowest BCUT2D eigenvalue weighted by Crippen LogP contribution is -2.11. The second-order valence-electron chi connectivity index (χ2n) is 6.99. The number of hydrogen-bond acceptors (Lipinski definition) is 2. The fourth-order valence-electron chi connectivity index (χ4n) is 2.73. The summed E-state index contributed by atoms with van der Waals surface area (Å²) in [4.78, 5) is 0. The summed E-state index contributed by atoms with van der Waals surface area (Å²) in [5, 5.41) is 0. The minimum absolute atomic E-state index is 0.208. The first-order valence-corrected chi connectivity index (χ1v) is 8.24. The Balaban J connectivity index is 1.97. The van der Waals surface area contributed by atoms with Crippen molar-refractivity contribution in [3.8, 4) is 11.5 Å². The third kappa shape index (κ3) is 4.75. The minimum Gasteiger partial charge on any atom is -0.493 e. The summed E-state index contributed by atoms with van der Waals surface area (Å²) in [5.74, 6) is 1.59. The molecule has 0 unspecified atom stereocenters. The van der Waals surface area contributed by atoms with Crippen LogP contribution in [0, 0.1) is 0 Å². The first-order valence-electron chi connectivity index (χ1n) is 8.24. The van der Waals surface area contributed by atoms with Crippen LogP contribution < -0.4 is 9.47 Å². The van der Waals surface area contributed by atoms with Crippen LogP contribution in [-0.4, -0.2) is 14.2 Å². The van der Waals surface area contributed by atoms with E-state index in [4.69, 9.17) is 9.47 Å². The molecule has 0 bridgehead atoms. The SMILES string of the molecule is COc1ccc(CCCc2cccc(C(C)(C)C)c2)cc1OC. The third-order valence-corrected chi connectivity index (χ3v) is 4.17. The van der Waals surface area contributed by atoms with Gasteiger partial charge >= 0.3 is 0 Å². The van der Waals surface area contributed by atoms with Gasteiger partial charge in [0.2, 0.25) is 0 Å². The van der Waals surface area contributed by atoms with Gasteiger partial charge in [-0.15, -0.1) is 0 Å². The van der Waals surface area contributed by atoms with E-state index < -0.39 is 0 Å². The fraction of sp³-hybridized carbons (Fsp3) is 0.429. The van der Waals surface area contributed by atoms with Gasteiger partial charge in [-0.1, -0.05) is 51.1 Å². The average Bonchev–Trinajstić information content (AvgIpc) is 2.54. The van der Waals surface area contributed by atoms with Gasteiger partial charge in [-0.2, -0.15) is 0 Å². The van der Waals surface area contributed by atoms with Crippen molar-refractivity contribution in [3.05, 3.63) is 59.2 Å². The molecule has 0 amide bonds. The van der Waals surface area contributed by atoms with E-state index in [2.05, 4.69) is 57.2 Å². The molecule has 0 saturated heterocycles. The summed E-state index contributed by atoms with van der Waals surface area (Å²) in [6.45, 7) is 6.78. The second-order valence-corrected chi connectivity index (χ2v) is 6.99. The summed E-state index contributed by atoms with van der Waals surface area (Å²) in [5.41, 5.74) is 4.31. The molecule has 2 heteroatoms. The Labute approximate surface area is 140 Å². The maximum Gasteiger partial charge on any atom is 0.160 e. The Bertz CT molecular complexity index is 639. The highest BCUT2D eigenvalue weighted by Crippen LogP contribution is 2.28. The van der Waals surface area contributed by atoms with Crippen LogP contribution in [0.5, 0.6) is 11.5 Å². The molecule has 2 aromatic carbocycles. The molecule has 0 radical (unpaired) electrons. The van der Waals surface area contributed by atoms with E-state index in [0.717, 1.165) is 30.8 Å². The molecule has 0 aliphatic rings.